The Bertz CT molecular complexity index is 1310. The SMILES string of the molecule is CCC(C)N(Cc1ccc(OS(=O)(=O)c2cccc(C(F)(F)F)c2)cc1)C(=O)Nc1cccc(F)c1. The predicted molar refractivity (Wildman–Crippen MR) is 126 cm³/mol. The highest BCUT2D eigenvalue weighted by Gasteiger charge is 2.32. The van der Waals surface area contributed by atoms with E-state index in [1.165, 1.54) is 30.3 Å². The van der Waals surface area contributed by atoms with Gasteiger partial charge in [-0.05, 0) is 67.4 Å². The predicted octanol–water partition coefficient (Wildman–Crippen LogP) is 6.44. The maximum atomic E-state index is 13.5. The molecule has 11 heteroatoms. The van der Waals surface area contributed by atoms with Crippen LogP contribution in [0, 0.1) is 5.82 Å². The number of anilines is 1. The van der Waals surface area contributed by atoms with E-state index in [1.807, 2.05) is 13.8 Å². The minimum Gasteiger partial charge on any atom is -0.379 e. The summed E-state index contributed by atoms with van der Waals surface area (Å²) in [5, 5.41) is 2.66. The number of carbonyl (C=O) groups is 1. The lowest BCUT2D eigenvalue weighted by Crippen LogP contribution is -2.40. The second kappa shape index (κ2) is 11.0. The van der Waals surface area contributed by atoms with Crippen LogP contribution in [0.5, 0.6) is 5.75 Å². The molecule has 0 fully saturated rings. The van der Waals surface area contributed by atoms with E-state index in [2.05, 4.69) is 5.32 Å². The van der Waals surface area contributed by atoms with Crippen LogP contribution in [0.15, 0.2) is 77.7 Å². The van der Waals surface area contributed by atoms with Gasteiger partial charge in [0.15, 0.2) is 0 Å². The number of alkyl halides is 3. The Hall–Kier alpha value is -3.60. The third kappa shape index (κ3) is 6.97. The number of hydrogen-bond donors (Lipinski definition) is 1. The minimum atomic E-state index is -4.70. The largest absolute Gasteiger partial charge is 0.416 e. The zero-order valence-electron chi connectivity index (χ0n) is 19.4. The molecular weight excluding hydrogens is 500 g/mol. The summed E-state index contributed by atoms with van der Waals surface area (Å²) in [6, 6.07) is 13.9. The van der Waals surface area contributed by atoms with E-state index >= 15 is 0 Å². The first-order valence-corrected chi connectivity index (χ1v) is 12.3. The lowest BCUT2D eigenvalue weighted by atomic mass is 10.1. The number of rotatable bonds is 8. The van der Waals surface area contributed by atoms with Crippen molar-refractivity contribution < 1.29 is 35.0 Å². The van der Waals surface area contributed by atoms with Crippen molar-refractivity contribution in [3.63, 3.8) is 0 Å². The molecule has 3 rings (SSSR count). The van der Waals surface area contributed by atoms with Gasteiger partial charge in [-0.25, -0.2) is 9.18 Å². The molecule has 3 aromatic carbocycles. The summed E-state index contributed by atoms with van der Waals surface area (Å²) in [4.78, 5) is 13.8. The maximum Gasteiger partial charge on any atom is 0.416 e. The van der Waals surface area contributed by atoms with Gasteiger partial charge in [-0.1, -0.05) is 31.2 Å². The number of nitrogens with zero attached hydrogens (tertiary/aromatic N) is 1. The zero-order valence-corrected chi connectivity index (χ0v) is 20.2. The molecule has 0 bridgehead atoms. The third-order valence-corrected chi connectivity index (χ3v) is 6.64. The molecule has 0 aliphatic carbocycles. The van der Waals surface area contributed by atoms with Crippen molar-refractivity contribution >= 4 is 21.8 Å². The Morgan fingerprint density at radius 1 is 1.03 bits per heavy atom. The van der Waals surface area contributed by atoms with Crippen LogP contribution in [0.2, 0.25) is 0 Å². The van der Waals surface area contributed by atoms with Crippen LogP contribution in [0.25, 0.3) is 0 Å². The van der Waals surface area contributed by atoms with Gasteiger partial charge in [-0.2, -0.15) is 21.6 Å². The standard InChI is InChI=1S/C25H24F4N2O4S/c1-3-17(2)31(24(32)30-21-8-5-7-20(26)15-21)16-18-10-12-22(13-11-18)35-36(33,34)23-9-4-6-19(14-23)25(27,28)29/h4-15,17H,3,16H2,1-2H3,(H,30,32). The van der Waals surface area contributed by atoms with Crippen molar-refractivity contribution in [2.24, 2.45) is 0 Å². The fraction of sp³-hybridized carbons (Fsp3) is 0.240. The number of benzene rings is 3. The summed E-state index contributed by atoms with van der Waals surface area (Å²) in [6.45, 7) is 3.92. The second-order valence-corrected chi connectivity index (χ2v) is 9.58. The van der Waals surface area contributed by atoms with Gasteiger partial charge in [0.1, 0.15) is 16.5 Å². The molecule has 2 amide bonds. The monoisotopic (exact) mass is 524 g/mol. The van der Waals surface area contributed by atoms with Crippen molar-refractivity contribution in [3.8, 4) is 5.75 Å². The van der Waals surface area contributed by atoms with E-state index < -0.39 is 38.6 Å². The third-order valence-electron chi connectivity index (χ3n) is 5.39. The van der Waals surface area contributed by atoms with Gasteiger partial charge in [0.25, 0.3) is 0 Å². The first-order chi connectivity index (χ1) is 16.9. The zero-order chi connectivity index (χ0) is 26.5. The number of carbonyl (C=O) groups excluding carboxylic acids is 1. The molecule has 1 atom stereocenters. The average molecular weight is 525 g/mol. The number of amides is 2. The van der Waals surface area contributed by atoms with Crippen LogP contribution in [-0.2, 0) is 22.8 Å². The first kappa shape index (κ1) is 27.0. The van der Waals surface area contributed by atoms with Crippen LogP contribution in [0.3, 0.4) is 0 Å². The van der Waals surface area contributed by atoms with Crippen LogP contribution in [-0.4, -0.2) is 25.4 Å². The summed E-state index contributed by atoms with van der Waals surface area (Å²) in [5.74, 6) is -0.589. The van der Waals surface area contributed by atoms with E-state index in [0.29, 0.717) is 23.7 Å². The average Bonchev–Trinajstić information content (AvgIpc) is 2.82. The second-order valence-electron chi connectivity index (χ2n) is 8.03. The maximum absolute atomic E-state index is 13.5. The molecular formula is C25H24F4N2O4S. The number of urea groups is 1. The highest BCUT2D eigenvalue weighted by molar-refractivity contribution is 7.87. The molecule has 6 nitrogen and oxygen atoms in total. The Morgan fingerprint density at radius 2 is 1.69 bits per heavy atom. The Balaban J connectivity index is 1.73. The van der Waals surface area contributed by atoms with Gasteiger partial charge >= 0.3 is 22.3 Å². The molecule has 0 saturated carbocycles. The van der Waals surface area contributed by atoms with Crippen molar-refractivity contribution in [2.45, 2.75) is 43.9 Å². The molecule has 3 aromatic rings. The number of hydrogen-bond acceptors (Lipinski definition) is 4. The van der Waals surface area contributed by atoms with Gasteiger partial charge < -0.3 is 14.4 Å². The van der Waals surface area contributed by atoms with Crippen LogP contribution >= 0.6 is 0 Å². The van der Waals surface area contributed by atoms with Crippen LogP contribution < -0.4 is 9.50 Å². The summed E-state index contributed by atoms with van der Waals surface area (Å²) in [6.07, 6.45) is -4.05. The topological polar surface area (TPSA) is 75.7 Å². The molecule has 0 saturated heterocycles. The van der Waals surface area contributed by atoms with Crippen LogP contribution in [0.4, 0.5) is 28.0 Å². The first-order valence-electron chi connectivity index (χ1n) is 10.9. The fourth-order valence-electron chi connectivity index (χ4n) is 3.26. The number of nitrogens with one attached hydrogen (secondary N) is 1. The van der Waals surface area contributed by atoms with Gasteiger partial charge in [0.2, 0.25) is 0 Å². The molecule has 0 spiro atoms. The molecule has 0 radical (unpaired) electrons. The summed E-state index contributed by atoms with van der Waals surface area (Å²) in [7, 11) is -4.51. The molecule has 1 N–H and O–H groups in total. The van der Waals surface area contributed by atoms with E-state index in [1.54, 1.807) is 23.1 Å². The minimum absolute atomic E-state index is 0.101. The van der Waals surface area contributed by atoms with E-state index in [9.17, 15) is 30.8 Å². The Labute approximate surface area is 206 Å². The van der Waals surface area contributed by atoms with Crippen molar-refractivity contribution in [1.29, 1.82) is 0 Å². The van der Waals surface area contributed by atoms with Crippen molar-refractivity contribution in [2.75, 3.05) is 5.32 Å². The van der Waals surface area contributed by atoms with Gasteiger partial charge in [-0.15, -0.1) is 0 Å². The van der Waals surface area contributed by atoms with Crippen molar-refractivity contribution in [3.05, 3.63) is 89.7 Å². The van der Waals surface area contributed by atoms with Gasteiger partial charge in [0, 0.05) is 18.3 Å². The van der Waals surface area contributed by atoms with Crippen LogP contribution in [0.1, 0.15) is 31.4 Å². The molecule has 0 heterocycles. The molecule has 0 aliphatic heterocycles. The fourth-order valence-corrected chi connectivity index (χ4v) is 4.24. The summed E-state index contributed by atoms with van der Waals surface area (Å²) < 4.78 is 82.2. The molecule has 1 unspecified atom stereocenters. The van der Waals surface area contributed by atoms with Gasteiger partial charge in [0.05, 0.1) is 5.56 Å². The summed E-state index contributed by atoms with van der Waals surface area (Å²) >= 11 is 0. The highest BCUT2D eigenvalue weighted by Crippen LogP contribution is 2.31. The molecule has 0 aromatic heterocycles. The molecule has 36 heavy (non-hydrogen) atoms. The lowest BCUT2D eigenvalue weighted by Gasteiger charge is -2.29. The summed E-state index contributed by atoms with van der Waals surface area (Å²) in [5.41, 5.74) is -0.158. The quantitative estimate of drug-likeness (QED) is 0.272. The van der Waals surface area contributed by atoms with E-state index in [0.717, 1.165) is 18.2 Å². The Morgan fingerprint density at radius 3 is 2.31 bits per heavy atom. The highest BCUT2D eigenvalue weighted by atomic mass is 32.2. The van der Waals surface area contributed by atoms with E-state index in [-0.39, 0.29) is 18.3 Å². The Kier molecular flexibility index (Phi) is 8.24. The lowest BCUT2D eigenvalue weighted by molar-refractivity contribution is -0.137. The van der Waals surface area contributed by atoms with Gasteiger partial charge in [-0.3, -0.25) is 0 Å². The van der Waals surface area contributed by atoms with E-state index in [4.69, 9.17) is 4.18 Å². The normalized spacial score (nSPS) is 12.6. The van der Waals surface area contributed by atoms with Crippen molar-refractivity contribution in [1.82, 2.24) is 4.90 Å². The molecule has 192 valence electrons. The molecule has 0 aliphatic rings. The number of halogens is 4. The smallest absolute Gasteiger partial charge is 0.379 e.